The first-order valence-corrected chi connectivity index (χ1v) is 11.0. The first kappa shape index (κ1) is 20.6. The number of hydrogen-bond acceptors (Lipinski definition) is 2. The van der Waals surface area contributed by atoms with Crippen LogP contribution < -0.4 is 11.1 Å². The van der Waals surface area contributed by atoms with Crippen molar-refractivity contribution < 1.29 is 0 Å². The number of aromatic nitrogens is 1. The van der Waals surface area contributed by atoms with Crippen LogP contribution in [0.5, 0.6) is 0 Å². The van der Waals surface area contributed by atoms with E-state index in [2.05, 4.69) is 85.6 Å². The third-order valence-corrected chi connectivity index (χ3v) is 6.60. The molecule has 0 saturated carbocycles. The van der Waals surface area contributed by atoms with Crippen LogP contribution in [0.4, 0.5) is 0 Å². The summed E-state index contributed by atoms with van der Waals surface area (Å²) in [6, 6.07) is 15.3. The van der Waals surface area contributed by atoms with E-state index in [4.69, 9.17) is 5.73 Å². The maximum Gasteiger partial charge on any atom is 0.171 e. The average molecular weight is 397 g/mol. The Balaban J connectivity index is 1.61. The van der Waals surface area contributed by atoms with E-state index in [0.717, 1.165) is 36.9 Å². The smallest absolute Gasteiger partial charge is 0.171 e. The normalized spacial score (nSPS) is 15.8. The number of nitrogens with two attached hydrogens (primary N) is 1. The molecule has 4 rings (SSSR count). The van der Waals surface area contributed by atoms with Gasteiger partial charge in [-0.3, -0.25) is 0 Å². The number of rotatable bonds is 7. The Kier molecular flexibility index (Phi) is 5.87. The minimum atomic E-state index is 0.386. The molecule has 1 aliphatic heterocycles. The van der Waals surface area contributed by atoms with Gasteiger partial charge in [-0.1, -0.05) is 62.3 Å². The lowest BCUT2D eigenvalue weighted by atomic mass is 9.36. The van der Waals surface area contributed by atoms with E-state index in [9.17, 15) is 0 Å². The largest absolute Gasteiger partial charge is 0.389 e. The van der Waals surface area contributed by atoms with E-state index in [1.165, 1.54) is 33.2 Å². The van der Waals surface area contributed by atoms with Crippen LogP contribution in [0.3, 0.4) is 0 Å². The van der Waals surface area contributed by atoms with Gasteiger partial charge in [-0.2, -0.15) is 0 Å². The number of allylic oxidation sites excluding steroid dienone is 1. The van der Waals surface area contributed by atoms with Gasteiger partial charge in [-0.25, -0.2) is 0 Å². The summed E-state index contributed by atoms with van der Waals surface area (Å²) in [6.07, 6.45) is 5.39. The summed E-state index contributed by atoms with van der Waals surface area (Å²) in [5.41, 5.74) is 14.6. The van der Waals surface area contributed by atoms with Gasteiger partial charge in [0.15, 0.2) is 6.71 Å². The predicted molar refractivity (Wildman–Crippen MR) is 132 cm³/mol. The second-order valence-corrected chi connectivity index (χ2v) is 8.57. The zero-order chi connectivity index (χ0) is 21.3. The fraction of sp³-hybridized carbons (Fsp3) is 0.308. The van der Waals surface area contributed by atoms with Gasteiger partial charge in [0.25, 0.3) is 0 Å². The molecular weight excluding hydrogens is 365 g/mol. The van der Waals surface area contributed by atoms with Crippen LogP contribution >= 0.6 is 0 Å². The Morgan fingerprint density at radius 1 is 1.17 bits per heavy atom. The molecule has 0 amide bonds. The van der Waals surface area contributed by atoms with Crippen LogP contribution in [0.25, 0.3) is 22.2 Å². The molecule has 1 atom stereocenters. The molecule has 2 aromatic carbocycles. The van der Waals surface area contributed by atoms with Crippen molar-refractivity contribution in [3.05, 3.63) is 84.1 Å². The molecule has 3 aromatic rings. The lowest BCUT2D eigenvalue weighted by Crippen LogP contribution is -2.48. The monoisotopic (exact) mass is 397 g/mol. The number of nitrogens with one attached hydrogen (secondary N) is 1. The van der Waals surface area contributed by atoms with Crippen molar-refractivity contribution in [1.29, 1.82) is 0 Å². The lowest BCUT2D eigenvalue weighted by Gasteiger charge is -2.34. The van der Waals surface area contributed by atoms with Crippen molar-refractivity contribution in [1.82, 2.24) is 9.88 Å². The molecule has 0 spiro atoms. The lowest BCUT2D eigenvalue weighted by molar-refractivity contribution is 0.725. The Labute approximate surface area is 180 Å². The summed E-state index contributed by atoms with van der Waals surface area (Å²) in [4.78, 5) is 0. The molecule has 3 N–H and O–H groups in total. The van der Waals surface area contributed by atoms with Crippen molar-refractivity contribution >= 4 is 28.9 Å². The van der Waals surface area contributed by atoms with Gasteiger partial charge in [0.05, 0.1) is 0 Å². The summed E-state index contributed by atoms with van der Waals surface area (Å²) >= 11 is 0. The van der Waals surface area contributed by atoms with Gasteiger partial charge in [-0.15, -0.1) is 0 Å². The molecular formula is C26H32BN3. The quantitative estimate of drug-likeness (QED) is 0.554. The van der Waals surface area contributed by atoms with E-state index >= 15 is 0 Å². The highest BCUT2D eigenvalue weighted by atomic mass is 15.0. The van der Waals surface area contributed by atoms with Gasteiger partial charge in [0.2, 0.25) is 0 Å². The zero-order valence-corrected chi connectivity index (χ0v) is 18.2. The van der Waals surface area contributed by atoms with Crippen LogP contribution in [-0.2, 0) is 19.3 Å². The number of nitrogens with zero attached hydrogens (tertiary/aromatic N) is 1. The minimum absolute atomic E-state index is 0.386. The van der Waals surface area contributed by atoms with Crippen LogP contribution in [0, 0.1) is 0 Å². The summed E-state index contributed by atoms with van der Waals surface area (Å²) in [5.74, 6) is 0.386. The van der Waals surface area contributed by atoms with Crippen molar-refractivity contribution in [3.8, 4) is 0 Å². The summed E-state index contributed by atoms with van der Waals surface area (Å²) in [6.45, 7) is 15.1. The maximum absolute atomic E-state index is 5.77. The first-order valence-electron chi connectivity index (χ1n) is 11.0. The standard InChI is InChI=1S/C26H32BN3/c1-5-27-17-24-20(8-6-9-21(24)18(2)3)16-26(27)29-19(4)22-10-7-11-25-23(22)12-14-30(25)15-13-28/h6-12,14,26,29H,2,4-5,13,15-17,28H2,1,3H3. The highest BCUT2D eigenvalue weighted by Crippen LogP contribution is 2.31. The SMILES string of the molecule is C=C(C)c1cccc2c1CB(CC)C(NC(=C)c1cccc3c1ccn3CCN)C2. The summed E-state index contributed by atoms with van der Waals surface area (Å²) in [7, 11) is 0. The minimum Gasteiger partial charge on any atom is -0.389 e. The maximum atomic E-state index is 5.77. The van der Waals surface area contributed by atoms with Crippen LogP contribution in [0.1, 0.15) is 36.1 Å². The van der Waals surface area contributed by atoms with Crippen LogP contribution in [0.2, 0.25) is 6.32 Å². The molecule has 0 radical (unpaired) electrons. The molecule has 0 bridgehead atoms. The second kappa shape index (κ2) is 8.57. The third-order valence-electron chi connectivity index (χ3n) is 6.60. The highest BCUT2D eigenvalue weighted by Gasteiger charge is 2.31. The zero-order valence-electron chi connectivity index (χ0n) is 18.2. The van der Waals surface area contributed by atoms with Crippen molar-refractivity contribution in [2.45, 2.75) is 45.4 Å². The van der Waals surface area contributed by atoms with Gasteiger partial charge in [0, 0.05) is 47.4 Å². The average Bonchev–Trinajstić information content (AvgIpc) is 3.16. The third kappa shape index (κ3) is 3.72. The first-order chi connectivity index (χ1) is 14.5. The Bertz CT molecular complexity index is 1090. The fourth-order valence-electron chi connectivity index (χ4n) is 4.99. The second-order valence-electron chi connectivity index (χ2n) is 8.57. The van der Waals surface area contributed by atoms with Crippen LogP contribution in [0.15, 0.2) is 61.8 Å². The molecule has 0 aliphatic carbocycles. The van der Waals surface area contributed by atoms with E-state index < -0.39 is 0 Å². The Morgan fingerprint density at radius 3 is 2.67 bits per heavy atom. The molecule has 3 nitrogen and oxygen atoms in total. The van der Waals surface area contributed by atoms with Crippen LogP contribution in [-0.4, -0.2) is 23.8 Å². The van der Waals surface area contributed by atoms with Crippen molar-refractivity contribution in [3.63, 3.8) is 0 Å². The predicted octanol–water partition coefficient (Wildman–Crippen LogP) is 4.95. The number of hydrogen-bond donors (Lipinski definition) is 2. The molecule has 2 heterocycles. The van der Waals surface area contributed by atoms with E-state index in [1.54, 1.807) is 0 Å². The Hall–Kier alpha value is -2.72. The van der Waals surface area contributed by atoms with Gasteiger partial charge in [-0.05, 0) is 48.5 Å². The molecule has 0 fully saturated rings. The van der Waals surface area contributed by atoms with Crippen molar-refractivity contribution in [2.75, 3.05) is 6.54 Å². The molecule has 1 aliphatic rings. The summed E-state index contributed by atoms with van der Waals surface area (Å²) in [5, 5.41) is 5.04. The molecule has 1 unspecified atom stereocenters. The Morgan fingerprint density at radius 2 is 1.93 bits per heavy atom. The van der Waals surface area contributed by atoms with E-state index in [0.29, 0.717) is 19.2 Å². The fourth-order valence-corrected chi connectivity index (χ4v) is 4.99. The van der Waals surface area contributed by atoms with E-state index in [1.807, 2.05) is 0 Å². The molecule has 0 saturated heterocycles. The van der Waals surface area contributed by atoms with Crippen molar-refractivity contribution in [2.24, 2.45) is 5.73 Å². The van der Waals surface area contributed by atoms with E-state index in [-0.39, 0.29) is 0 Å². The molecule has 1 aromatic heterocycles. The van der Waals surface area contributed by atoms with Gasteiger partial charge >= 0.3 is 0 Å². The van der Waals surface area contributed by atoms with Gasteiger partial charge < -0.3 is 15.6 Å². The van der Waals surface area contributed by atoms with Gasteiger partial charge in [0.1, 0.15) is 0 Å². The summed E-state index contributed by atoms with van der Waals surface area (Å²) < 4.78 is 2.22. The topological polar surface area (TPSA) is 43.0 Å². The number of benzene rings is 2. The molecule has 154 valence electrons. The molecule has 4 heteroatoms. The highest BCUT2D eigenvalue weighted by molar-refractivity contribution is 6.60. The molecule has 30 heavy (non-hydrogen) atoms. The number of fused-ring (bicyclic) bond motifs is 2.